The summed E-state index contributed by atoms with van der Waals surface area (Å²) in [5.74, 6) is 0.669. The number of benzene rings is 2. The maximum atomic E-state index is 13.6. The first-order valence-corrected chi connectivity index (χ1v) is 7.19. The summed E-state index contributed by atoms with van der Waals surface area (Å²) in [6.45, 7) is 0. The van der Waals surface area contributed by atoms with Gasteiger partial charge in [0.2, 0.25) is 0 Å². The van der Waals surface area contributed by atoms with Gasteiger partial charge in [0, 0.05) is 0 Å². The lowest BCUT2D eigenvalue weighted by Crippen LogP contribution is -1.99. The van der Waals surface area contributed by atoms with E-state index in [9.17, 15) is 4.39 Å². The molecule has 0 saturated heterocycles. The molecule has 118 valence electrons. The lowest BCUT2D eigenvalue weighted by molar-refractivity contribution is 0.442. The van der Waals surface area contributed by atoms with Crippen molar-refractivity contribution in [1.29, 1.82) is 0 Å². The molecule has 0 atom stereocenters. The van der Waals surface area contributed by atoms with E-state index in [0.717, 1.165) is 5.69 Å². The van der Waals surface area contributed by atoms with Crippen LogP contribution in [0.5, 0.6) is 11.5 Å². The van der Waals surface area contributed by atoms with Crippen molar-refractivity contribution in [1.82, 2.24) is 19.7 Å². The highest BCUT2D eigenvalue weighted by Gasteiger charge is 2.10. The molecule has 4 aromatic rings. The second kappa shape index (κ2) is 5.62. The second-order valence-corrected chi connectivity index (χ2v) is 5.08. The molecule has 0 unspecified atom stereocenters. The lowest BCUT2D eigenvalue weighted by Gasteiger charge is -2.08. The molecule has 6 nitrogen and oxygen atoms in total. The van der Waals surface area contributed by atoms with Crippen molar-refractivity contribution >= 4 is 16.9 Å². The molecule has 0 spiro atoms. The summed E-state index contributed by atoms with van der Waals surface area (Å²) in [4.78, 5) is 8.15. The fourth-order valence-electron chi connectivity index (χ4n) is 2.36. The minimum Gasteiger partial charge on any atom is -0.454 e. The molecule has 24 heavy (non-hydrogen) atoms. The Bertz CT molecular complexity index is 1010. The van der Waals surface area contributed by atoms with E-state index in [-0.39, 0.29) is 5.75 Å². The van der Waals surface area contributed by atoms with Crippen LogP contribution in [0.1, 0.15) is 0 Å². The van der Waals surface area contributed by atoms with Crippen molar-refractivity contribution in [2.45, 2.75) is 0 Å². The number of ether oxygens (including phenoxy) is 1. The van der Waals surface area contributed by atoms with Crippen LogP contribution in [0.15, 0.2) is 61.1 Å². The number of nitrogens with zero attached hydrogens (tertiary/aromatic N) is 4. The third-order valence-corrected chi connectivity index (χ3v) is 3.54. The number of nitrogens with two attached hydrogens (primary N) is 1. The fourth-order valence-corrected chi connectivity index (χ4v) is 2.36. The summed E-state index contributed by atoms with van der Waals surface area (Å²) in [7, 11) is 0. The number of aromatic nitrogens is 4. The second-order valence-electron chi connectivity index (χ2n) is 5.08. The minimum absolute atomic E-state index is 0.176. The van der Waals surface area contributed by atoms with Gasteiger partial charge in [0.1, 0.15) is 17.9 Å². The van der Waals surface area contributed by atoms with Gasteiger partial charge in [-0.25, -0.2) is 19.0 Å². The molecule has 0 aliphatic heterocycles. The molecule has 2 heterocycles. The zero-order chi connectivity index (χ0) is 16.5. The molecule has 0 aliphatic rings. The molecule has 4 rings (SSSR count). The van der Waals surface area contributed by atoms with E-state index >= 15 is 0 Å². The Balaban J connectivity index is 1.66. The molecular weight excluding hydrogens is 309 g/mol. The number of fused-ring (bicyclic) bond motifs is 1. The van der Waals surface area contributed by atoms with E-state index < -0.39 is 5.82 Å². The summed E-state index contributed by atoms with van der Waals surface area (Å²) in [6.07, 6.45) is 3.01. The lowest BCUT2D eigenvalue weighted by atomic mass is 10.3. The molecule has 0 saturated carbocycles. The molecule has 0 bridgehead atoms. The van der Waals surface area contributed by atoms with E-state index in [0.29, 0.717) is 22.6 Å². The number of nitrogen functional groups attached to an aromatic ring is 1. The maximum absolute atomic E-state index is 13.6. The maximum Gasteiger partial charge on any atom is 0.168 e. The van der Waals surface area contributed by atoms with Gasteiger partial charge in [-0.05, 0) is 36.4 Å². The smallest absolute Gasteiger partial charge is 0.168 e. The zero-order valence-corrected chi connectivity index (χ0v) is 12.4. The van der Waals surface area contributed by atoms with Crippen LogP contribution >= 0.6 is 0 Å². The molecule has 2 aromatic carbocycles. The first-order valence-electron chi connectivity index (χ1n) is 7.19. The highest BCUT2D eigenvalue weighted by molar-refractivity contribution is 5.85. The van der Waals surface area contributed by atoms with Gasteiger partial charge in [-0.1, -0.05) is 12.1 Å². The van der Waals surface area contributed by atoms with Crippen LogP contribution in [-0.4, -0.2) is 19.7 Å². The summed E-state index contributed by atoms with van der Waals surface area (Å²) in [5, 5.41) is 4.97. The third-order valence-electron chi connectivity index (χ3n) is 3.54. The Hall–Kier alpha value is -3.48. The normalized spacial score (nSPS) is 10.9. The number of hydrogen-bond acceptors (Lipinski definition) is 5. The van der Waals surface area contributed by atoms with Crippen molar-refractivity contribution in [3.63, 3.8) is 0 Å². The first-order chi connectivity index (χ1) is 11.7. The van der Waals surface area contributed by atoms with Crippen molar-refractivity contribution in [3.8, 4) is 17.2 Å². The van der Waals surface area contributed by atoms with Crippen LogP contribution in [0, 0.1) is 5.82 Å². The molecule has 7 heteroatoms. The van der Waals surface area contributed by atoms with Gasteiger partial charge in [-0.15, -0.1) is 0 Å². The minimum atomic E-state index is -0.410. The number of para-hydroxylation sites is 1. The molecule has 0 amide bonds. The van der Waals surface area contributed by atoms with E-state index in [4.69, 9.17) is 10.5 Å². The Labute approximate surface area is 136 Å². The van der Waals surface area contributed by atoms with Crippen LogP contribution in [-0.2, 0) is 0 Å². The van der Waals surface area contributed by atoms with E-state index in [2.05, 4.69) is 15.1 Å². The monoisotopic (exact) mass is 321 g/mol. The van der Waals surface area contributed by atoms with Crippen LogP contribution in [0.2, 0.25) is 0 Å². The van der Waals surface area contributed by atoms with Gasteiger partial charge >= 0.3 is 0 Å². The summed E-state index contributed by atoms with van der Waals surface area (Å²) >= 11 is 0. The van der Waals surface area contributed by atoms with Crippen molar-refractivity contribution in [2.24, 2.45) is 0 Å². The van der Waals surface area contributed by atoms with Crippen LogP contribution in [0.25, 0.3) is 16.7 Å². The molecule has 0 fully saturated rings. The Kier molecular flexibility index (Phi) is 3.31. The topological polar surface area (TPSA) is 78.9 Å². The average Bonchev–Trinajstić information content (AvgIpc) is 3.03. The van der Waals surface area contributed by atoms with Crippen molar-refractivity contribution in [2.75, 3.05) is 5.73 Å². The fraction of sp³-hybridized carbons (Fsp3) is 0. The Morgan fingerprint density at radius 1 is 1.00 bits per heavy atom. The highest BCUT2D eigenvalue weighted by Crippen LogP contribution is 2.26. The Morgan fingerprint density at radius 2 is 1.79 bits per heavy atom. The molecule has 0 aliphatic carbocycles. The van der Waals surface area contributed by atoms with Crippen LogP contribution < -0.4 is 10.5 Å². The number of anilines is 1. The van der Waals surface area contributed by atoms with E-state index in [1.165, 1.54) is 12.4 Å². The summed E-state index contributed by atoms with van der Waals surface area (Å²) in [5.41, 5.74) is 7.21. The predicted octanol–water partition coefficient (Wildman–Crippen LogP) is 3.33. The average molecular weight is 321 g/mol. The van der Waals surface area contributed by atoms with Crippen LogP contribution in [0.4, 0.5) is 10.2 Å². The quantitative estimate of drug-likeness (QED) is 0.626. The highest BCUT2D eigenvalue weighted by atomic mass is 19.1. The largest absolute Gasteiger partial charge is 0.454 e. The molecule has 2 N–H and O–H groups in total. The van der Waals surface area contributed by atoms with Crippen molar-refractivity contribution < 1.29 is 9.13 Å². The molecule has 2 aromatic heterocycles. The van der Waals surface area contributed by atoms with Gasteiger partial charge < -0.3 is 10.5 Å². The van der Waals surface area contributed by atoms with Crippen LogP contribution in [0.3, 0.4) is 0 Å². The third kappa shape index (κ3) is 2.41. The first kappa shape index (κ1) is 14.1. The van der Waals surface area contributed by atoms with Gasteiger partial charge in [-0.3, -0.25) is 0 Å². The number of rotatable bonds is 3. The Morgan fingerprint density at radius 3 is 2.58 bits per heavy atom. The van der Waals surface area contributed by atoms with E-state index in [1.807, 2.05) is 0 Å². The standard InChI is InChI=1S/C17H12FN5O/c18-14-3-1-2-4-15(14)24-12-7-5-11(6-8-12)23-17-13(9-22-23)16(19)20-10-21-17/h1-10H,(H2,19,20,21). The number of hydrogen-bond donors (Lipinski definition) is 1. The summed E-state index contributed by atoms with van der Waals surface area (Å²) < 4.78 is 20.8. The summed E-state index contributed by atoms with van der Waals surface area (Å²) in [6, 6.07) is 13.3. The van der Waals surface area contributed by atoms with Gasteiger partial charge in [-0.2, -0.15) is 5.10 Å². The van der Waals surface area contributed by atoms with Gasteiger partial charge in [0.25, 0.3) is 0 Å². The van der Waals surface area contributed by atoms with E-state index in [1.54, 1.807) is 53.3 Å². The van der Waals surface area contributed by atoms with Crippen molar-refractivity contribution in [3.05, 3.63) is 66.9 Å². The number of halogens is 1. The predicted molar refractivity (Wildman–Crippen MR) is 87.5 cm³/mol. The SMILES string of the molecule is Nc1ncnc2c1cnn2-c1ccc(Oc2ccccc2F)cc1. The van der Waals surface area contributed by atoms with Gasteiger partial charge in [0.15, 0.2) is 17.2 Å². The molecular formula is C17H12FN5O. The van der Waals surface area contributed by atoms with Gasteiger partial charge in [0.05, 0.1) is 17.3 Å². The molecule has 0 radical (unpaired) electrons. The zero-order valence-electron chi connectivity index (χ0n) is 12.4.